The van der Waals surface area contributed by atoms with E-state index in [1.54, 1.807) is 6.07 Å². The van der Waals surface area contributed by atoms with Gasteiger partial charge in [0.15, 0.2) is 0 Å². The van der Waals surface area contributed by atoms with Crippen LogP contribution >= 0.6 is 0 Å². The van der Waals surface area contributed by atoms with Crippen LogP contribution in [0.5, 0.6) is 0 Å². The smallest absolute Gasteiger partial charge is 0.251 e. The molecule has 0 aliphatic rings. The SMILES string of the molecule is CCCc1cc(C(=O)NCC(C(C)C)C(C)C)cc(N)n1. The second-order valence-electron chi connectivity index (χ2n) is 6.38. The summed E-state index contributed by atoms with van der Waals surface area (Å²) in [7, 11) is 0. The molecule has 0 bridgehead atoms. The van der Waals surface area contributed by atoms with Crippen molar-refractivity contribution in [3.63, 3.8) is 0 Å². The molecule has 0 aliphatic carbocycles. The second-order valence-corrected chi connectivity index (χ2v) is 6.38. The van der Waals surface area contributed by atoms with Gasteiger partial charge < -0.3 is 11.1 Å². The predicted molar refractivity (Wildman–Crippen MR) is 88.1 cm³/mol. The highest BCUT2D eigenvalue weighted by atomic mass is 16.1. The Morgan fingerprint density at radius 3 is 2.38 bits per heavy atom. The van der Waals surface area contributed by atoms with E-state index in [9.17, 15) is 4.79 Å². The van der Waals surface area contributed by atoms with Crippen molar-refractivity contribution in [3.05, 3.63) is 23.4 Å². The van der Waals surface area contributed by atoms with Crippen LogP contribution in [0.1, 0.15) is 57.1 Å². The number of aryl methyl sites for hydroxylation is 1. The van der Waals surface area contributed by atoms with Crippen LogP contribution in [0.2, 0.25) is 0 Å². The Labute approximate surface area is 128 Å². The lowest BCUT2D eigenvalue weighted by Crippen LogP contribution is -2.34. The summed E-state index contributed by atoms with van der Waals surface area (Å²) in [5.41, 5.74) is 7.28. The van der Waals surface area contributed by atoms with Crippen molar-refractivity contribution in [2.24, 2.45) is 17.8 Å². The first-order valence-corrected chi connectivity index (χ1v) is 7.89. The van der Waals surface area contributed by atoms with Gasteiger partial charge in [0.25, 0.3) is 5.91 Å². The zero-order valence-electron chi connectivity index (χ0n) is 13.9. The number of nitrogens with two attached hydrogens (primary N) is 1. The van der Waals surface area contributed by atoms with E-state index in [1.165, 1.54) is 0 Å². The number of nitrogens with one attached hydrogen (secondary N) is 1. The van der Waals surface area contributed by atoms with Gasteiger partial charge in [-0.15, -0.1) is 0 Å². The number of pyridine rings is 1. The van der Waals surface area contributed by atoms with Crippen molar-refractivity contribution >= 4 is 11.7 Å². The zero-order chi connectivity index (χ0) is 16.0. The van der Waals surface area contributed by atoms with Crippen molar-refractivity contribution in [1.82, 2.24) is 10.3 Å². The Morgan fingerprint density at radius 2 is 1.86 bits per heavy atom. The Morgan fingerprint density at radius 1 is 1.24 bits per heavy atom. The Hall–Kier alpha value is -1.58. The Kier molecular flexibility index (Phi) is 6.66. The van der Waals surface area contributed by atoms with Crippen molar-refractivity contribution in [1.29, 1.82) is 0 Å². The highest BCUT2D eigenvalue weighted by molar-refractivity contribution is 5.94. The molecule has 4 nitrogen and oxygen atoms in total. The number of hydrogen-bond acceptors (Lipinski definition) is 3. The summed E-state index contributed by atoms with van der Waals surface area (Å²) in [6, 6.07) is 3.49. The third-order valence-electron chi connectivity index (χ3n) is 3.88. The standard InChI is InChI=1S/C17H29N3O/c1-6-7-14-8-13(9-16(18)20-14)17(21)19-10-15(11(2)3)12(4)5/h8-9,11-12,15H,6-7,10H2,1-5H3,(H2,18,20)(H,19,21). The van der Waals surface area contributed by atoms with Crippen molar-refractivity contribution in [2.45, 2.75) is 47.5 Å². The molecule has 0 fully saturated rings. The molecule has 1 amide bonds. The summed E-state index contributed by atoms with van der Waals surface area (Å²) in [6.45, 7) is 11.6. The minimum atomic E-state index is -0.0623. The zero-order valence-corrected chi connectivity index (χ0v) is 13.9. The van der Waals surface area contributed by atoms with E-state index in [1.807, 2.05) is 6.07 Å². The van der Waals surface area contributed by atoms with Gasteiger partial charge in [0.2, 0.25) is 0 Å². The van der Waals surface area contributed by atoms with Crippen LogP contribution in [-0.2, 0) is 6.42 Å². The molecule has 0 aliphatic heterocycles. The van der Waals surface area contributed by atoms with Crippen molar-refractivity contribution in [3.8, 4) is 0 Å². The summed E-state index contributed by atoms with van der Waals surface area (Å²) >= 11 is 0. The summed E-state index contributed by atoms with van der Waals surface area (Å²) < 4.78 is 0. The number of rotatable bonds is 7. The van der Waals surface area contributed by atoms with E-state index in [0.29, 0.717) is 35.7 Å². The fourth-order valence-corrected chi connectivity index (χ4v) is 2.68. The van der Waals surface area contributed by atoms with E-state index >= 15 is 0 Å². The maximum Gasteiger partial charge on any atom is 0.251 e. The average molecular weight is 291 g/mol. The number of carbonyl (C=O) groups excluding carboxylic acids is 1. The molecule has 0 radical (unpaired) electrons. The molecule has 1 aromatic rings. The number of anilines is 1. The maximum atomic E-state index is 12.3. The van der Waals surface area contributed by atoms with Gasteiger partial charge in [0.1, 0.15) is 5.82 Å². The third-order valence-corrected chi connectivity index (χ3v) is 3.88. The molecule has 118 valence electrons. The van der Waals surface area contributed by atoms with Gasteiger partial charge in [-0.2, -0.15) is 0 Å². The minimum Gasteiger partial charge on any atom is -0.384 e. The molecular formula is C17H29N3O. The number of carbonyl (C=O) groups is 1. The lowest BCUT2D eigenvalue weighted by Gasteiger charge is -2.25. The van der Waals surface area contributed by atoms with Crippen LogP contribution in [-0.4, -0.2) is 17.4 Å². The molecule has 0 spiro atoms. The van der Waals surface area contributed by atoms with Crippen molar-refractivity contribution < 1.29 is 4.79 Å². The van der Waals surface area contributed by atoms with E-state index in [2.05, 4.69) is 44.9 Å². The highest BCUT2D eigenvalue weighted by Crippen LogP contribution is 2.19. The van der Waals surface area contributed by atoms with Gasteiger partial charge in [-0.1, -0.05) is 41.0 Å². The van der Waals surface area contributed by atoms with E-state index < -0.39 is 0 Å². The fourth-order valence-electron chi connectivity index (χ4n) is 2.68. The molecule has 3 N–H and O–H groups in total. The Balaban J connectivity index is 2.75. The molecule has 1 heterocycles. The highest BCUT2D eigenvalue weighted by Gasteiger charge is 2.19. The van der Waals surface area contributed by atoms with Crippen LogP contribution in [0.3, 0.4) is 0 Å². The van der Waals surface area contributed by atoms with Gasteiger partial charge in [0.05, 0.1) is 0 Å². The first-order chi connectivity index (χ1) is 9.85. The van der Waals surface area contributed by atoms with Crippen LogP contribution in [0.25, 0.3) is 0 Å². The molecular weight excluding hydrogens is 262 g/mol. The fraction of sp³-hybridized carbons (Fsp3) is 0.647. The molecule has 21 heavy (non-hydrogen) atoms. The van der Waals surface area contributed by atoms with Gasteiger partial charge in [-0.05, 0) is 36.3 Å². The molecule has 0 unspecified atom stereocenters. The molecule has 1 rings (SSSR count). The lowest BCUT2D eigenvalue weighted by molar-refractivity contribution is 0.0937. The van der Waals surface area contributed by atoms with E-state index in [0.717, 1.165) is 18.5 Å². The van der Waals surface area contributed by atoms with Crippen LogP contribution in [0, 0.1) is 17.8 Å². The third kappa shape index (κ3) is 5.37. The molecule has 0 atom stereocenters. The van der Waals surface area contributed by atoms with Crippen molar-refractivity contribution in [2.75, 3.05) is 12.3 Å². The summed E-state index contributed by atoms with van der Waals surface area (Å²) in [5, 5.41) is 3.04. The minimum absolute atomic E-state index is 0.0623. The molecule has 0 saturated carbocycles. The summed E-state index contributed by atoms with van der Waals surface area (Å²) in [4.78, 5) is 16.6. The first-order valence-electron chi connectivity index (χ1n) is 7.89. The van der Waals surface area contributed by atoms with Crippen LogP contribution in [0.4, 0.5) is 5.82 Å². The van der Waals surface area contributed by atoms with Gasteiger partial charge in [0, 0.05) is 17.8 Å². The normalized spacial score (nSPS) is 11.4. The number of aromatic nitrogens is 1. The predicted octanol–water partition coefficient (Wildman–Crippen LogP) is 3.27. The van der Waals surface area contributed by atoms with Gasteiger partial charge in [-0.3, -0.25) is 4.79 Å². The van der Waals surface area contributed by atoms with E-state index in [4.69, 9.17) is 5.73 Å². The number of nitrogens with zero attached hydrogens (tertiary/aromatic N) is 1. The van der Waals surface area contributed by atoms with Gasteiger partial charge in [-0.25, -0.2) is 4.98 Å². The number of nitrogen functional groups attached to an aromatic ring is 1. The number of amides is 1. The topological polar surface area (TPSA) is 68.0 Å². The van der Waals surface area contributed by atoms with Gasteiger partial charge >= 0.3 is 0 Å². The van der Waals surface area contributed by atoms with E-state index in [-0.39, 0.29) is 5.91 Å². The van der Waals surface area contributed by atoms with Crippen LogP contribution < -0.4 is 11.1 Å². The molecule has 0 aromatic carbocycles. The summed E-state index contributed by atoms with van der Waals surface area (Å²) in [5.74, 6) is 1.92. The molecule has 4 heteroatoms. The average Bonchev–Trinajstić information content (AvgIpc) is 2.37. The first kappa shape index (κ1) is 17.5. The monoisotopic (exact) mass is 291 g/mol. The Bertz CT molecular complexity index is 461. The quantitative estimate of drug-likeness (QED) is 0.810. The molecule has 0 saturated heterocycles. The maximum absolute atomic E-state index is 12.3. The largest absolute Gasteiger partial charge is 0.384 e. The number of hydrogen-bond donors (Lipinski definition) is 2. The summed E-state index contributed by atoms with van der Waals surface area (Å²) in [6.07, 6.45) is 1.83. The molecule has 1 aromatic heterocycles. The lowest BCUT2D eigenvalue weighted by atomic mass is 9.85. The van der Waals surface area contributed by atoms with Crippen LogP contribution in [0.15, 0.2) is 12.1 Å². The second kappa shape index (κ2) is 8.01.